The SMILES string of the molecule is CCc1cccc(C)c1Nc1ccc(NS(=O)(=O)c2ccccc2)nc1. The molecular weight excluding hydrogens is 346 g/mol. The number of nitrogens with one attached hydrogen (secondary N) is 2. The van der Waals surface area contributed by atoms with E-state index in [0.29, 0.717) is 0 Å². The lowest BCUT2D eigenvalue weighted by atomic mass is 10.1. The van der Waals surface area contributed by atoms with Crippen LogP contribution in [0.2, 0.25) is 0 Å². The number of sulfonamides is 1. The first-order valence-corrected chi connectivity index (χ1v) is 9.87. The molecule has 0 spiro atoms. The molecule has 0 fully saturated rings. The van der Waals surface area contributed by atoms with E-state index in [-0.39, 0.29) is 10.7 Å². The number of nitrogens with zero attached hydrogens (tertiary/aromatic N) is 1. The fourth-order valence-electron chi connectivity index (χ4n) is 2.67. The summed E-state index contributed by atoms with van der Waals surface area (Å²) in [5.74, 6) is 0.278. The van der Waals surface area contributed by atoms with Crippen molar-refractivity contribution >= 4 is 27.2 Å². The number of para-hydroxylation sites is 1. The van der Waals surface area contributed by atoms with Crippen molar-refractivity contribution < 1.29 is 8.42 Å². The van der Waals surface area contributed by atoms with E-state index in [1.807, 2.05) is 12.1 Å². The van der Waals surface area contributed by atoms with Crippen LogP contribution < -0.4 is 10.0 Å². The highest BCUT2D eigenvalue weighted by Gasteiger charge is 2.14. The second-order valence-electron chi connectivity index (χ2n) is 5.94. The molecule has 0 amide bonds. The molecule has 0 aliphatic heterocycles. The quantitative estimate of drug-likeness (QED) is 0.673. The van der Waals surface area contributed by atoms with Crippen LogP contribution in [0.5, 0.6) is 0 Å². The molecular formula is C20H21N3O2S. The Bertz CT molecular complexity index is 985. The van der Waals surface area contributed by atoms with E-state index in [2.05, 4.69) is 41.0 Å². The minimum Gasteiger partial charge on any atom is -0.354 e. The summed E-state index contributed by atoms with van der Waals surface area (Å²) in [6.45, 7) is 4.16. The van der Waals surface area contributed by atoms with Crippen molar-refractivity contribution in [3.05, 3.63) is 78.0 Å². The Balaban J connectivity index is 1.78. The molecule has 0 saturated heterocycles. The molecule has 0 unspecified atom stereocenters. The Hall–Kier alpha value is -2.86. The maximum Gasteiger partial charge on any atom is 0.263 e. The second kappa shape index (κ2) is 7.58. The molecule has 2 aromatic carbocycles. The molecule has 3 aromatic rings. The summed E-state index contributed by atoms with van der Waals surface area (Å²) in [5.41, 5.74) is 4.24. The predicted molar refractivity (Wildman–Crippen MR) is 105 cm³/mol. The molecule has 6 heteroatoms. The lowest BCUT2D eigenvalue weighted by molar-refractivity contribution is 0.601. The fourth-order valence-corrected chi connectivity index (χ4v) is 3.70. The van der Waals surface area contributed by atoms with Gasteiger partial charge in [-0.25, -0.2) is 13.4 Å². The van der Waals surface area contributed by atoms with Gasteiger partial charge in [-0.1, -0.05) is 43.3 Å². The molecule has 0 saturated carbocycles. The number of anilines is 3. The topological polar surface area (TPSA) is 71.1 Å². The average Bonchev–Trinajstić information content (AvgIpc) is 2.65. The molecule has 1 heterocycles. The highest BCUT2D eigenvalue weighted by Crippen LogP contribution is 2.25. The highest BCUT2D eigenvalue weighted by molar-refractivity contribution is 7.92. The number of rotatable bonds is 6. The maximum atomic E-state index is 12.3. The first-order chi connectivity index (χ1) is 12.5. The zero-order valence-corrected chi connectivity index (χ0v) is 15.5. The Morgan fingerprint density at radius 3 is 2.38 bits per heavy atom. The van der Waals surface area contributed by atoms with Gasteiger partial charge in [-0.2, -0.15) is 0 Å². The van der Waals surface area contributed by atoms with Crippen molar-refractivity contribution in [3.63, 3.8) is 0 Å². The number of aryl methyl sites for hydroxylation is 2. The summed E-state index contributed by atoms with van der Waals surface area (Å²) < 4.78 is 27.2. The highest BCUT2D eigenvalue weighted by atomic mass is 32.2. The number of benzene rings is 2. The Kier molecular flexibility index (Phi) is 5.23. The molecule has 26 heavy (non-hydrogen) atoms. The third-order valence-corrected chi connectivity index (χ3v) is 5.44. The predicted octanol–water partition coefficient (Wildman–Crippen LogP) is 4.50. The average molecular weight is 367 g/mol. The molecule has 0 aliphatic carbocycles. The van der Waals surface area contributed by atoms with E-state index >= 15 is 0 Å². The van der Waals surface area contributed by atoms with Crippen LogP contribution in [0.25, 0.3) is 0 Å². The van der Waals surface area contributed by atoms with Gasteiger partial charge in [-0.3, -0.25) is 4.72 Å². The smallest absolute Gasteiger partial charge is 0.263 e. The second-order valence-corrected chi connectivity index (χ2v) is 7.62. The Labute approximate surface area is 154 Å². The van der Waals surface area contributed by atoms with Gasteiger partial charge in [0.2, 0.25) is 0 Å². The Morgan fingerprint density at radius 1 is 0.962 bits per heavy atom. The molecule has 0 aliphatic rings. The molecule has 2 N–H and O–H groups in total. The van der Waals surface area contributed by atoms with Crippen molar-refractivity contribution in [2.24, 2.45) is 0 Å². The van der Waals surface area contributed by atoms with Gasteiger partial charge in [0.05, 0.1) is 16.8 Å². The third-order valence-electron chi connectivity index (χ3n) is 4.07. The van der Waals surface area contributed by atoms with Crippen LogP contribution in [-0.2, 0) is 16.4 Å². The molecule has 0 atom stereocenters. The van der Waals surface area contributed by atoms with E-state index in [1.165, 1.54) is 5.56 Å². The molecule has 1 aromatic heterocycles. The molecule has 5 nitrogen and oxygen atoms in total. The lowest BCUT2D eigenvalue weighted by Crippen LogP contribution is -2.13. The van der Waals surface area contributed by atoms with E-state index < -0.39 is 10.0 Å². The minimum absolute atomic E-state index is 0.205. The van der Waals surface area contributed by atoms with Gasteiger partial charge in [0.1, 0.15) is 5.82 Å². The van der Waals surface area contributed by atoms with Crippen LogP contribution in [0.4, 0.5) is 17.2 Å². The summed E-state index contributed by atoms with van der Waals surface area (Å²) in [5, 5.41) is 3.37. The molecule has 0 bridgehead atoms. The van der Waals surface area contributed by atoms with Gasteiger partial charge in [0, 0.05) is 5.69 Å². The molecule has 3 rings (SSSR count). The van der Waals surface area contributed by atoms with Crippen molar-refractivity contribution in [2.75, 3.05) is 10.0 Å². The van der Waals surface area contributed by atoms with Crippen LogP contribution in [-0.4, -0.2) is 13.4 Å². The summed E-state index contributed by atoms with van der Waals surface area (Å²) >= 11 is 0. The van der Waals surface area contributed by atoms with Crippen LogP contribution in [0.15, 0.2) is 71.8 Å². The van der Waals surface area contributed by atoms with E-state index in [0.717, 1.165) is 23.4 Å². The standard InChI is InChI=1S/C20H21N3O2S/c1-3-16-9-7-8-15(2)20(16)22-17-12-13-19(21-14-17)23-26(24,25)18-10-5-4-6-11-18/h4-14,22H,3H2,1-2H3,(H,21,23). The Morgan fingerprint density at radius 2 is 1.73 bits per heavy atom. The van der Waals surface area contributed by atoms with E-state index in [1.54, 1.807) is 42.6 Å². The number of aromatic nitrogens is 1. The number of pyridine rings is 1. The van der Waals surface area contributed by atoms with Gasteiger partial charge < -0.3 is 5.32 Å². The van der Waals surface area contributed by atoms with Crippen LogP contribution >= 0.6 is 0 Å². The van der Waals surface area contributed by atoms with Gasteiger partial charge >= 0.3 is 0 Å². The van der Waals surface area contributed by atoms with Crippen molar-refractivity contribution in [1.82, 2.24) is 4.98 Å². The van der Waals surface area contributed by atoms with E-state index in [4.69, 9.17) is 0 Å². The largest absolute Gasteiger partial charge is 0.354 e. The summed E-state index contributed by atoms with van der Waals surface area (Å²) in [7, 11) is -3.64. The summed E-state index contributed by atoms with van der Waals surface area (Å²) in [4.78, 5) is 4.42. The maximum absolute atomic E-state index is 12.3. The molecule has 0 radical (unpaired) electrons. The van der Waals surface area contributed by atoms with Gasteiger partial charge in [0.15, 0.2) is 0 Å². The van der Waals surface area contributed by atoms with Crippen molar-refractivity contribution in [2.45, 2.75) is 25.2 Å². The van der Waals surface area contributed by atoms with Gasteiger partial charge in [-0.05, 0) is 48.7 Å². The first kappa shape index (κ1) is 17.9. The van der Waals surface area contributed by atoms with E-state index in [9.17, 15) is 8.42 Å². The number of hydrogen-bond donors (Lipinski definition) is 2. The zero-order chi connectivity index (χ0) is 18.6. The van der Waals surface area contributed by atoms with Gasteiger partial charge in [0.25, 0.3) is 10.0 Å². The van der Waals surface area contributed by atoms with Crippen LogP contribution in [0.1, 0.15) is 18.1 Å². The zero-order valence-electron chi connectivity index (χ0n) is 14.7. The third kappa shape index (κ3) is 4.03. The van der Waals surface area contributed by atoms with Crippen molar-refractivity contribution in [3.8, 4) is 0 Å². The minimum atomic E-state index is -3.64. The normalized spacial score (nSPS) is 11.2. The lowest BCUT2D eigenvalue weighted by Gasteiger charge is -2.14. The number of hydrogen-bond acceptors (Lipinski definition) is 4. The van der Waals surface area contributed by atoms with Gasteiger partial charge in [-0.15, -0.1) is 0 Å². The fraction of sp³-hybridized carbons (Fsp3) is 0.150. The van der Waals surface area contributed by atoms with Crippen LogP contribution in [0.3, 0.4) is 0 Å². The van der Waals surface area contributed by atoms with Crippen LogP contribution in [0, 0.1) is 6.92 Å². The monoisotopic (exact) mass is 367 g/mol. The first-order valence-electron chi connectivity index (χ1n) is 8.39. The summed E-state index contributed by atoms with van der Waals surface area (Å²) in [6, 6.07) is 17.9. The summed E-state index contributed by atoms with van der Waals surface area (Å²) in [6.07, 6.45) is 2.54. The molecule has 134 valence electrons. The van der Waals surface area contributed by atoms with Crippen molar-refractivity contribution in [1.29, 1.82) is 0 Å².